The van der Waals surface area contributed by atoms with Gasteiger partial charge in [-0.3, -0.25) is 4.79 Å². The van der Waals surface area contributed by atoms with Crippen LogP contribution in [-0.4, -0.2) is 17.1 Å². The first kappa shape index (κ1) is 15.4. The maximum atomic E-state index is 13.2. The molecule has 0 aliphatic heterocycles. The topological polar surface area (TPSA) is 73.1 Å². The van der Waals surface area contributed by atoms with Crippen LogP contribution in [0.1, 0.15) is 37.9 Å². The highest BCUT2D eigenvalue weighted by atomic mass is 19.2. The lowest BCUT2D eigenvalue weighted by atomic mass is 9.69. The van der Waals surface area contributed by atoms with E-state index in [1.807, 2.05) is 6.07 Å². The molecule has 2 atom stereocenters. The van der Waals surface area contributed by atoms with E-state index in [0.29, 0.717) is 12.8 Å². The fourth-order valence-electron chi connectivity index (χ4n) is 2.33. The molecule has 0 heterocycles. The molecule has 0 saturated heterocycles. The van der Waals surface area contributed by atoms with Gasteiger partial charge in [0.2, 0.25) is 5.91 Å². The van der Waals surface area contributed by atoms with E-state index in [-0.39, 0.29) is 5.56 Å². The number of amides is 1. The summed E-state index contributed by atoms with van der Waals surface area (Å²) in [4.78, 5) is 12.1. The molecule has 2 rings (SSSR count). The van der Waals surface area contributed by atoms with Crippen molar-refractivity contribution < 1.29 is 18.7 Å². The monoisotopic (exact) mass is 294 g/mol. The summed E-state index contributed by atoms with van der Waals surface area (Å²) in [6.45, 7) is 1.55. The molecule has 1 amide bonds. The number of hydrogen-bond acceptors (Lipinski definition) is 3. The molecule has 1 aliphatic rings. The van der Waals surface area contributed by atoms with E-state index in [1.54, 1.807) is 6.92 Å². The second kappa shape index (κ2) is 5.78. The zero-order valence-electron chi connectivity index (χ0n) is 11.6. The van der Waals surface area contributed by atoms with Gasteiger partial charge >= 0.3 is 0 Å². The van der Waals surface area contributed by atoms with Crippen molar-refractivity contribution in [3.63, 3.8) is 0 Å². The van der Waals surface area contributed by atoms with Gasteiger partial charge in [0.15, 0.2) is 11.6 Å². The van der Waals surface area contributed by atoms with Crippen molar-refractivity contribution in [3.8, 4) is 6.07 Å². The Morgan fingerprint density at radius 2 is 2.10 bits per heavy atom. The number of nitriles is 1. The van der Waals surface area contributed by atoms with Gasteiger partial charge in [0.1, 0.15) is 5.41 Å². The Labute approximate surface area is 121 Å². The molecule has 1 aromatic carbocycles. The summed E-state index contributed by atoms with van der Waals surface area (Å²) in [6, 6.07) is 4.37. The first-order valence-electron chi connectivity index (χ1n) is 6.75. The molecule has 21 heavy (non-hydrogen) atoms. The number of rotatable bonds is 4. The number of carbonyl (C=O) groups is 1. The molecule has 1 fully saturated rings. The minimum Gasteiger partial charge on any atom is -0.386 e. The molecule has 1 saturated carbocycles. The molecule has 4 nitrogen and oxygen atoms in total. The summed E-state index contributed by atoms with van der Waals surface area (Å²) in [7, 11) is 0. The van der Waals surface area contributed by atoms with Crippen LogP contribution in [0.4, 0.5) is 8.78 Å². The van der Waals surface area contributed by atoms with E-state index in [2.05, 4.69) is 5.32 Å². The zero-order valence-corrected chi connectivity index (χ0v) is 11.6. The Morgan fingerprint density at radius 1 is 1.43 bits per heavy atom. The second-order valence-electron chi connectivity index (χ2n) is 5.43. The molecule has 0 bridgehead atoms. The van der Waals surface area contributed by atoms with Gasteiger partial charge in [0, 0.05) is 0 Å². The largest absolute Gasteiger partial charge is 0.386 e. The normalized spacial score (nSPS) is 19.0. The van der Waals surface area contributed by atoms with Crippen molar-refractivity contribution in [2.45, 2.75) is 38.3 Å². The third-order valence-corrected chi connectivity index (χ3v) is 3.97. The van der Waals surface area contributed by atoms with Crippen molar-refractivity contribution in [2.75, 3.05) is 0 Å². The summed E-state index contributed by atoms with van der Waals surface area (Å²) >= 11 is 0. The average molecular weight is 294 g/mol. The first-order valence-corrected chi connectivity index (χ1v) is 6.75. The van der Waals surface area contributed by atoms with Crippen molar-refractivity contribution >= 4 is 5.91 Å². The maximum Gasteiger partial charge on any atom is 0.240 e. The smallest absolute Gasteiger partial charge is 0.240 e. The maximum absolute atomic E-state index is 13.2. The zero-order chi connectivity index (χ0) is 15.6. The number of aliphatic hydroxyl groups excluding tert-OH is 1. The molecule has 112 valence electrons. The predicted octanol–water partition coefficient (Wildman–Crippen LogP) is 2.20. The molecule has 0 aromatic heterocycles. The van der Waals surface area contributed by atoms with Gasteiger partial charge < -0.3 is 10.4 Å². The summed E-state index contributed by atoms with van der Waals surface area (Å²) in [6.07, 6.45) is 0.646. The molecule has 0 spiro atoms. The third kappa shape index (κ3) is 2.88. The minimum absolute atomic E-state index is 0.168. The van der Waals surface area contributed by atoms with Crippen LogP contribution in [0.15, 0.2) is 18.2 Å². The Morgan fingerprint density at radius 3 is 2.57 bits per heavy atom. The lowest BCUT2D eigenvalue weighted by molar-refractivity contribution is -0.133. The van der Waals surface area contributed by atoms with Crippen LogP contribution < -0.4 is 5.32 Å². The van der Waals surface area contributed by atoms with Gasteiger partial charge in [0.25, 0.3) is 0 Å². The second-order valence-corrected chi connectivity index (χ2v) is 5.43. The Hall–Kier alpha value is -2.00. The SMILES string of the molecule is CC(NC(=O)C1(C#N)CCC1)C(O)c1ccc(F)c(F)c1. The quantitative estimate of drug-likeness (QED) is 0.894. The Balaban J connectivity index is 2.06. The molecule has 1 aromatic rings. The number of aliphatic hydroxyl groups is 1. The molecule has 0 radical (unpaired) electrons. The minimum atomic E-state index is -1.18. The lowest BCUT2D eigenvalue weighted by Crippen LogP contribution is -2.49. The van der Waals surface area contributed by atoms with E-state index in [0.717, 1.165) is 18.6 Å². The van der Waals surface area contributed by atoms with Crippen molar-refractivity contribution in [1.82, 2.24) is 5.32 Å². The number of halogens is 2. The van der Waals surface area contributed by atoms with Crippen LogP contribution >= 0.6 is 0 Å². The number of carbonyl (C=O) groups excluding carboxylic acids is 1. The fraction of sp³-hybridized carbons (Fsp3) is 0.467. The fourth-order valence-corrected chi connectivity index (χ4v) is 2.33. The van der Waals surface area contributed by atoms with Gasteiger partial charge in [-0.15, -0.1) is 0 Å². The Bertz CT molecular complexity index is 594. The van der Waals surface area contributed by atoms with E-state index < -0.39 is 35.1 Å². The predicted molar refractivity (Wildman–Crippen MR) is 70.8 cm³/mol. The molecule has 2 N–H and O–H groups in total. The highest BCUT2D eigenvalue weighted by Crippen LogP contribution is 2.40. The first-order chi connectivity index (χ1) is 9.89. The molecule has 6 heteroatoms. The van der Waals surface area contributed by atoms with Gasteiger partial charge in [-0.2, -0.15) is 5.26 Å². The highest BCUT2D eigenvalue weighted by Gasteiger charge is 2.45. The molecule has 2 unspecified atom stereocenters. The molecular formula is C15H16F2N2O2. The number of nitrogens with one attached hydrogen (secondary N) is 1. The van der Waals surface area contributed by atoms with Crippen molar-refractivity contribution in [3.05, 3.63) is 35.4 Å². The lowest BCUT2D eigenvalue weighted by Gasteiger charge is -2.35. The summed E-state index contributed by atoms with van der Waals surface area (Å²) in [5, 5.41) is 21.8. The van der Waals surface area contributed by atoms with Crippen LogP contribution in [0.25, 0.3) is 0 Å². The number of benzene rings is 1. The third-order valence-electron chi connectivity index (χ3n) is 3.97. The van der Waals surface area contributed by atoms with Gasteiger partial charge in [-0.05, 0) is 43.9 Å². The number of nitrogens with zero attached hydrogens (tertiary/aromatic N) is 1. The van der Waals surface area contributed by atoms with Crippen LogP contribution in [0.3, 0.4) is 0 Å². The van der Waals surface area contributed by atoms with E-state index >= 15 is 0 Å². The molecular weight excluding hydrogens is 278 g/mol. The average Bonchev–Trinajstić information content (AvgIpc) is 2.40. The standard InChI is InChI=1S/C15H16F2N2O2/c1-9(19-14(21)15(8-18)5-2-6-15)13(20)10-3-4-11(16)12(17)7-10/h3-4,7,9,13,20H,2,5-6H2,1H3,(H,19,21). The van der Waals surface area contributed by atoms with Crippen molar-refractivity contribution in [2.24, 2.45) is 5.41 Å². The van der Waals surface area contributed by atoms with Gasteiger partial charge in [-0.25, -0.2) is 8.78 Å². The Kier molecular flexibility index (Phi) is 4.24. The summed E-state index contributed by atoms with van der Waals surface area (Å²) in [5.41, 5.74) is -0.844. The highest BCUT2D eigenvalue weighted by molar-refractivity contribution is 5.86. The van der Waals surface area contributed by atoms with Crippen molar-refractivity contribution in [1.29, 1.82) is 5.26 Å². The van der Waals surface area contributed by atoms with Crippen LogP contribution in [-0.2, 0) is 4.79 Å². The van der Waals surface area contributed by atoms with Crippen LogP contribution in [0.2, 0.25) is 0 Å². The van der Waals surface area contributed by atoms with Crippen LogP contribution in [0.5, 0.6) is 0 Å². The summed E-state index contributed by atoms with van der Waals surface area (Å²) < 4.78 is 26.0. The van der Waals surface area contributed by atoms with Gasteiger partial charge in [-0.1, -0.05) is 6.07 Å². The molecule has 1 aliphatic carbocycles. The van der Waals surface area contributed by atoms with E-state index in [9.17, 15) is 18.7 Å². The van der Waals surface area contributed by atoms with Crippen LogP contribution in [0, 0.1) is 28.4 Å². The van der Waals surface area contributed by atoms with E-state index in [1.165, 1.54) is 6.07 Å². The number of hydrogen-bond donors (Lipinski definition) is 2. The van der Waals surface area contributed by atoms with Gasteiger partial charge in [0.05, 0.1) is 18.2 Å². The van der Waals surface area contributed by atoms with E-state index in [4.69, 9.17) is 5.26 Å². The summed E-state index contributed by atoms with van der Waals surface area (Å²) in [5.74, 6) is -2.48.